The average Bonchev–Trinajstić information content (AvgIpc) is 3.30. The highest BCUT2D eigenvalue weighted by Gasteiger charge is 2.34. The van der Waals surface area contributed by atoms with Crippen LogP contribution in [0.4, 0.5) is 24.5 Å². The van der Waals surface area contributed by atoms with Crippen molar-refractivity contribution in [3.63, 3.8) is 0 Å². The predicted molar refractivity (Wildman–Crippen MR) is 129 cm³/mol. The topological polar surface area (TPSA) is 61.6 Å². The Labute approximate surface area is 202 Å². The zero-order chi connectivity index (χ0) is 25.2. The van der Waals surface area contributed by atoms with Crippen molar-refractivity contribution >= 4 is 17.3 Å². The molecule has 1 amide bonds. The van der Waals surface area contributed by atoms with Gasteiger partial charge in [-0.05, 0) is 74.8 Å². The molecule has 3 heterocycles. The third-order valence-electron chi connectivity index (χ3n) is 6.38. The second kappa shape index (κ2) is 9.73. The molecule has 0 bridgehead atoms. The van der Waals surface area contributed by atoms with Crippen LogP contribution in [-0.2, 0) is 6.18 Å². The number of anilines is 2. The Kier molecular flexibility index (Phi) is 6.89. The number of hydrogen-bond donors (Lipinski definition) is 1. The van der Waals surface area contributed by atoms with Crippen molar-refractivity contribution in [3.05, 3.63) is 66.2 Å². The van der Waals surface area contributed by atoms with Crippen molar-refractivity contribution < 1.29 is 22.4 Å². The highest BCUT2D eigenvalue weighted by molar-refractivity contribution is 6.04. The summed E-state index contributed by atoms with van der Waals surface area (Å²) in [5, 5.41) is 2.66. The number of carbonyl (C=O) groups excluding carboxylic acids is 1. The molecule has 0 radical (unpaired) electrons. The van der Waals surface area contributed by atoms with E-state index in [0.717, 1.165) is 37.1 Å². The van der Waals surface area contributed by atoms with Crippen molar-refractivity contribution in [3.8, 4) is 11.3 Å². The molecule has 0 unspecified atom stereocenters. The highest BCUT2D eigenvalue weighted by Crippen LogP contribution is 2.39. The van der Waals surface area contributed by atoms with Crippen LogP contribution in [0.25, 0.3) is 11.3 Å². The number of hydrogen-bond acceptors (Lipinski definition) is 5. The normalized spacial score (nSPS) is 15.9. The molecule has 35 heavy (non-hydrogen) atoms. The summed E-state index contributed by atoms with van der Waals surface area (Å²) < 4.78 is 46.1. The number of furan rings is 1. The predicted octanol–water partition coefficient (Wildman–Crippen LogP) is 5.78. The summed E-state index contributed by atoms with van der Waals surface area (Å²) in [5.74, 6) is -0.129. The number of benzene rings is 1. The minimum atomic E-state index is -4.52. The minimum Gasteiger partial charge on any atom is -0.451 e. The number of amides is 1. The highest BCUT2D eigenvalue weighted by atomic mass is 19.4. The lowest BCUT2D eigenvalue weighted by molar-refractivity contribution is -0.137. The van der Waals surface area contributed by atoms with Gasteiger partial charge in [0.05, 0.1) is 16.9 Å². The van der Waals surface area contributed by atoms with Crippen LogP contribution >= 0.6 is 0 Å². The summed E-state index contributed by atoms with van der Waals surface area (Å²) in [5.41, 5.74) is 0.741. The van der Waals surface area contributed by atoms with Gasteiger partial charge in [0, 0.05) is 37.6 Å². The van der Waals surface area contributed by atoms with E-state index in [1.165, 1.54) is 12.1 Å². The van der Waals surface area contributed by atoms with E-state index in [9.17, 15) is 18.0 Å². The van der Waals surface area contributed by atoms with Crippen LogP contribution in [0.5, 0.6) is 0 Å². The van der Waals surface area contributed by atoms with Crippen LogP contribution in [0.15, 0.2) is 59.3 Å². The molecule has 4 rings (SSSR count). The molecule has 0 atom stereocenters. The van der Waals surface area contributed by atoms with Gasteiger partial charge in [-0.1, -0.05) is 6.92 Å². The third kappa shape index (κ3) is 5.85. The van der Waals surface area contributed by atoms with Crippen molar-refractivity contribution in [2.45, 2.75) is 25.9 Å². The smallest absolute Gasteiger partial charge is 0.416 e. The monoisotopic (exact) mass is 486 g/mol. The minimum absolute atomic E-state index is 0.0115. The van der Waals surface area contributed by atoms with Gasteiger partial charge in [-0.3, -0.25) is 9.78 Å². The Balaban J connectivity index is 1.57. The molecule has 6 nitrogen and oxygen atoms in total. The van der Waals surface area contributed by atoms with Crippen molar-refractivity contribution in [2.24, 2.45) is 5.41 Å². The standard InChI is InChI=1S/C26H29F3N4O2/c1-25(17-32(2)3)10-14-33(15-11-25)21-5-4-19(26(27,28)29)16-20(21)31-24(34)23-7-6-22(35-23)18-8-12-30-13-9-18/h4-9,12-13,16H,10-11,14-15,17H2,1-3H3,(H,31,34). The molecule has 1 fully saturated rings. The first-order valence-corrected chi connectivity index (χ1v) is 11.5. The second-order valence-corrected chi connectivity index (χ2v) is 9.62. The van der Waals surface area contributed by atoms with E-state index in [-0.39, 0.29) is 16.9 Å². The van der Waals surface area contributed by atoms with Gasteiger partial charge in [-0.25, -0.2) is 0 Å². The first-order valence-electron chi connectivity index (χ1n) is 11.5. The summed E-state index contributed by atoms with van der Waals surface area (Å²) in [6, 6.07) is 10.1. The summed E-state index contributed by atoms with van der Waals surface area (Å²) in [6.07, 6.45) is 0.479. The molecular formula is C26H29F3N4O2. The van der Waals surface area contributed by atoms with Crippen molar-refractivity contribution in [1.29, 1.82) is 0 Å². The summed E-state index contributed by atoms with van der Waals surface area (Å²) in [7, 11) is 4.08. The van der Waals surface area contributed by atoms with Gasteiger partial charge in [-0.2, -0.15) is 13.2 Å². The molecule has 0 aliphatic carbocycles. The van der Waals surface area contributed by atoms with E-state index in [1.54, 1.807) is 30.6 Å². The lowest BCUT2D eigenvalue weighted by Crippen LogP contribution is -2.43. The number of piperidine rings is 1. The van der Waals surface area contributed by atoms with E-state index in [2.05, 4.69) is 22.1 Å². The zero-order valence-corrected chi connectivity index (χ0v) is 20.0. The van der Waals surface area contributed by atoms with Crippen LogP contribution < -0.4 is 10.2 Å². The fraction of sp³-hybridized carbons (Fsp3) is 0.385. The number of nitrogens with one attached hydrogen (secondary N) is 1. The maximum absolute atomic E-state index is 13.5. The lowest BCUT2D eigenvalue weighted by Gasteiger charge is -2.42. The number of pyridine rings is 1. The van der Waals surface area contributed by atoms with E-state index >= 15 is 0 Å². The van der Waals surface area contributed by atoms with E-state index < -0.39 is 17.6 Å². The Hall–Kier alpha value is -3.33. The molecule has 0 saturated carbocycles. The van der Waals surface area contributed by atoms with Crippen LogP contribution in [0.3, 0.4) is 0 Å². The molecule has 1 aliphatic heterocycles. The summed E-state index contributed by atoms with van der Waals surface area (Å²) in [6.45, 7) is 4.55. The summed E-state index contributed by atoms with van der Waals surface area (Å²) >= 11 is 0. The number of nitrogens with zero attached hydrogens (tertiary/aromatic N) is 3. The van der Waals surface area contributed by atoms with Gasteiger partial charge < -0.3 is 19.5 Å². The SMILES string of the molecule is CN(C)CC1(C)CCN(c2ccc(C(F)(F)F)cc2NC(=O)c2ccc(-c3ccncc3)o2)CC1. The number of alkyl halides is 3. The summed E-state index contributed by atoms with van der Waals surface area (Å²) in [4.78, 5) is 21.1. The zero-order valence-electron chi connectivity index (χ0n) is 20.0. The number of carbonyl (C=O) groups is 1. The molecule has 0 spiro atoms. The number of aromatic nitrogens is 1. The quantitative estimate of drug-likeness (QED) is 0.479. The second-order valence-electron chi connectivity index (χ2n) is 9.62. The average molecular weight is 487 g/mol. The fourth-order valence-electron chi connectivity index (χ4n) is 4.61. The Bertz CT molecular complexity index is 1170. The molecular weight excluding hydrogens is 457 g/mol. The molecule has 3 aromatic rings. The van der Waals surface area contributed by atoms with Crippen LogP contribution in [0.2, 0.25) is 0 Å². The van der Waals surface area contributed by atoms with E-state index in [1.807, 2.05) is 19.0 Å². The van der Waals surface area contributed by atoms with Crippen LogP contribution in [-0.4, -0.2) is 49.5 Å². The number of halogens is 3. The van der Waals surface area contributed by atoms with Crippen molar-refractivity contribution in [2.75, 3.05) is 43.9 Å². The Morgan fingerprint density at radius 2 is 1.80 bits per heavy atom. The van der Waals surface area contributed by atoms with Crippen LogP contribution in [0, 0.1) is 5.41 Å². The van der Waals surface area contributed by atoms with Gasteiger partial charge in [0.2, 0.25) is 0 Å². The lowest BCUT2D eigenvalue weighted by atomic mass is 9.80. The molecule has 2 aromatic heterocycles. The van der Waals surface area contributed by atoms with Crippen molar-refractivity contribution in [1.82, 2.24) is 9.88 Å². The van der Waals surface area contributed by atoms with Gasteiger partial charge in [-0.15, -0.1) is 0 Å². The van der Waals surface area contributed by atoms with Gasteiger partial charge >= 0.3 is 6.18 Å². The molecule has 1 aromatic carbocycles. The van der Waals surface area contributed by atoms with E-state index in [0.29, 0.717) is 24.5 Å². The Morgan fingerprint density at radius 1 is 1.11 bits per heavy atom. The van der Waals surface area contributed by atoms with Crippen LogP contribution in [0.1, 0.15) is 35.9 Å². The van der Waals surface area contributed by atoms with Gasteiger partial charge in [0.1, 0.15) is 5.76 Å². The first kappa shape index (κ1) is 24.8. The molecule has 9 heteroatoms. The molecule has 1 saturated heterocycles. The maximum atomic E-state index is 13.5. The largest absolute Gasteiger partial charge is 0.451 e. The molecule has 1 aliphatic rings. The number of rotatable bonds is 6. The first-order chi connectivity index (χ1) is 16.5. The molecule has 186 valence electrons. The maximum Gasteiger partial charge on any atom is 0.416 e. The Morgan fingerprint density at radius 3 is 2.43 bits per heavy atom. The molecule has 1 N–H and O–H groups in total. The van der Waals surface area contributed by atoms with E-state index in [4.69, 9.17) is 4.42 Å². The third-order valence-corrected chi connectivity index (χ3v) is 6.38. The van der Waals surface area contributed by atoms with Gasteiger partial charge in [0.15, 0.2) is 5.76 Å². The fourth-order valence-corrected chi connectivity index (χ4v) is 4.61. The van der Waals surface area contributed by atoms with Gasteiger partial charge in [0.25, 0.3) is 5.91 Å².